The molecule has 0 aromatic carbocycles. The normalized spacial score (nSPS) is 12.1. The van der Waals surface area contributed by atoms with E-state index in [9.17, 15) is 9.00 Å². The Morgan fingerprint density at radius 1 is 1.56 bits per heavy atom. The average Bonchev–Trinajstić information content (AvgIpc) is 2.55. The van der Waals surface area contributed by atoms with Gasteiger partial charge in [0.15, 0.2) is 5.78 Å². The van der Waals surface area contributed by atoms with E-state index in [2.05, 4.69) is 0 Å². The first-order valence-electron chi connectivity index (χ1n) is 4.95. The van der Waals surface area contributed by atoms with Crippen LogP contribution in [0.25, 0.3) is 0 Å². The molecule has 0 aliphatic heterocycles. The number of ketones is 1. The van der Waals surface area contributed by atoms with Crippen molar-refractivity contribution in [1.82, 2.24) is 0 Å². The number of nitrogens with zero attached hydrogens (tertiary/aromatic N) is 1. The lowest BCUT2D eigenvalue weighted by molar-refractivity contribution is 0.102. The van der Waals surface area contributed by atoms with Crippen LogP contribution in [0.5, 0.6) is 0 Å². The molecule has 1 atom stereocenters. The number of carbonyl (C=O) groups excluding carboxylic acids is 1. The molecule has 3 nitrogen and oxygen atoms in total. The summed E-state index contributed by atoms with van der Waals surface area (Å²) in [6, 6.07) is 2.04. The quantitative estimate of drug-likeness (QED) is 0.777. The fraction of sp³-hybridized carbons (Fsp3) is 0.455. The second-order valence-corrected chi connectivity index (χ2v) is 6.22. The monoisotopic (exact) mass is 255 g/mol. The molecule has 1 unspecified atom stereocenters. The summed E-state index contributed by atoms with van der Waals surface area (Å²) in [6.07, 6.45) is 0.795. The van der Waals surface area contributed by atoms with E-state index in [4.69, 9.17) is 5.26 Å². The third-order valence-electron chi connectivity index (χ3n) is 2.14. The van der Waals surface area contributed by atoms with Crippen LogP contribution in [0.1, 0.15) is 41.1 Å². The van der Waals surface area contributed by atoms with Gasteiger partial charge in [0, 0.05) is 5.75 Å². The Kier molecular flexibility index (Phi) is 4.39. The average molecular weight is 255 g/mol. The number of thiophene rings is 1. The van der Waals surface area contributed by atoms with E-state index < -0.39 is 10.8 Å². The van der Waals surface area contributed by atoms with Crippen LogP contribution < -0.4 is 0 Å². The molecule has 1 heterocycles. The Morgan fingerprint density at radius 3 is 2.62 bits per heavy atom. The summed E-state index contributed by atoms with van der Waals surface area (Å²) >= 11 is 1.19. The second-order valence-electron chi connectivity index (χ2n) is 3.44. The van der Waals surface area contributed by atoms with E-state index in [0.717, 1.165) is 6.42 Å². The first kappa shape index (κ1) is 13.1. The van der Waals surface area contributed by atoms with Crippen LogP contribution in [0, 0.1) is 18.3 Å². The van der Waals surface area contributed by atoms with Crippen molar-refractivity contribution in [2.24, 2.45) is 0 Å². The first-order chi connectivity index (χ1) is 7.52. The van der Waals surface area contributed by atoms with Gasteiger partial charge in [-0.25, -0.2) is 0 Å². The maximum absolute atomic E-state index is 11.9. The molecule has 0 bridgehead atoms. The lowest BCUT2D eigenvalue weighted by Gasteiger charge is -1.96. The summed E-state index contributed by atoms with van der Waals surface area (Å²) < 4.78 is 12.4. The molecule has 0 amide bonds. The summed E-state index contributed by atoms with van der Waals surface area (Å²) in [7, 11) is -1.16. The van der Waals surface area contributed by atoms with Gasteiger partial charge in [-0.15, -0.1) is 11.3 Å². The van der Waals surface area contributed by atoms with E-state index in [0.29, 0.717) is 26.0 Å². The van der Waals surface area contributed by atoms with Gasteiger partial charge in [-0.1, -0.05) is 6.92 Å². The molecule has 16 heavy (non-hydrogen) atoms. The number of hydrogen-bond donors (Lipinski definition) is 0. The van der Waals surface area contributed by atoms with Gasteiger partial charge in [0.1, 0.15) is 10.3 Å². The van der Waals surface area contributed by atoms with E-state index in [1.807, 2.05) is 13.0 Å². The van der Waals surface area contributed by atoms with Crippen LogP contribution in [0.15, 0.2) is 4.21 Å². The van der Waals surface area contributed by atoms with Crippen LogP contribution in [0.3, 0.4) is 0 Å². The van der Waals surface area contributed by atoms with Gasteiger partial charge in [0.2, 0.25) is 0 Å². The lowest BCUT2D eigenvalue weighted by Crippen LogP contribution is -1.96. The highest BCUT2D eigenvalue weighted by atomic mass is 32.2. The Balaban J connectivity index is 3.30. The molecule has 0 saturated heterocycles. The topological polar surface area (TPSA) is 57.9 Å². The Bertz CT molecular complexity index is 483. The number of hydrogen-bond acceptors (Lipinski definition) is 4. The summed E-state index contributed by atoms with van der Waals surface area (Å²) in [5, 5.41) is 9.02. The minimum Gasteiger partial charge on any atom is -0.294 e. The Morgan fingerprint density at radius 2 is 2.19 bits per heavy atom. The zero-order chi connectivity index (χ0) is 12.3. The molecule has 0 radical (unpaired) electrons. The van der Waals surface area contributed by atoms with Crippen molar-refractivity contribution >= 4 is 27.9 Å². The van der Waals surface area contributed by atoms with Crippen LogP contribution in [-0.2, 0) is 10.8 Å². The van der Waals surface area contributed by atoms with E-state index >= 15 is 0 Å². The molecule has 0 aliphatic rings. The number of carbonyl (C=O) groups is 1. The zero-order valence-electron chi connectivity index (χ0n) is 9.49. The van der Waals surface area contributed by atoms with Crippen molar-refractivity contribution in [3.05, 3.63) is 16.0 Å². The van der Waals surface area contributed by atoms with E-state index in [-0.39, 0.29) is 5.78 Å². The summed E-state index contributed by atoms with van der Waals surface area (Å²) in [6.45, 7) is 5.14. The van der Waals surface area contributed by atoms with Gasteiger partial charge >= 0.3 is 0 Å². The highest BCUT2D eigenvalue weighted by Crippen LogP contribution is 2.31. The van der Waals surface area contributed by atoms with Crippen molar-refractivity contribution < 1.29 is 9.00 Å². The fourth-order valence-corrected chi connectivity index (χ4v) is 4.13. The molecule has 0 aliphatic carbocycles. The minimum atomic E-state index is -1.16. The largest absolute Gasteiger partial charge is 0.294 e. The predicted octanol–water partition coefficient (Wildman–Crippen LogP) is 2.65. The number of Topliss-reactive ketones (excluding diaryl/α,β-unsaturated/α-hetero) is 1. The van der Waals surface area contributed by atoms with Gasteiger partial charge in [0.05, 0.1) is 21.2 Å². The minimum absolute atomic E-state index is 0.0706. The molecule has 5 heteroatoms. The third-order valence-corrected chi connectivity index (χ3v) is 5.53. The van der Waals surface area contributed by atoms with Crippen molar-refractivity contribution in [2.75, 3.05) is 5.75 Å². The molecule has 1 rings (SSSR count). The molecule has 0 fully saturated rings. The molecule has 0 N–H and O–H groups in total. The van der Waals surface area contributed by atoms with Crippen LogP contribution in [0.2, 0.25) is 0 Å². The smallest absolute Gasteiger partial charge is 0.170 e. The predicted molar refractivity (Wildman–Crippen MR) is 65.3 cm³/mol. The number of nitriles is 1. The maximum atomic E-state index is 11.9. The summed E-state index contributed by atoms with van der Waals surface area (Å²) in [5.41, 5.74) is 1.08. The van der Waals surface area contributed by atoms with Gasteiger partial charge < -0.3 is 0 Å². The Hall–Kier alpha value is -0.990. The van der Waals surface area contributed by atoms with Crippen molar-refractivity contribution in [2.45, 2.75) is 31.4 Å². The highest BCUT2D eigenvalue weighted by molar-refractivity contribution is 7.87. The SMILES string of the molecule is CCCS(=O)c1sc(C(C)=O)c(C)c1C#N. The van der Waals surface area contributed by atoms with Gasteiger partial charge in [-0.05, 0) is 25.8 Å². The van der Waals surface area contributed by atoms with Gasteiger partial charge in [0.25, 0.3) is 0 Å². The summed E-state index contributed by atoms with van der Waals surface area (Å²) in [4.78, 5) is 11.9. The number of rotatable bonds is 4. The molecular formula is C11H13NO2S2. The van der Waals surface area contributed by atoms with Crippen molar-refractivity contribution in [3.8, 4) is 6.07 Å². The lowest BCUT2D eigenvalue weighted by atomic mass is 10.1. The molecule has 0 spiro atoms. The fourth-order valence-electron chi connectivity index (χ4n) is 1.39. The molecular weight excluding hydrogens is 242 g/mol. The van der Waals surface area contributed by atoms with E-state index in [1.165, 1.54) is 18.3 Å². The zero-order valence-corrected chi connectivity index (χ0v) is 11.1. The van der Waals surface area contributed by atoms with Gasteiger partial charge in [-0.2, -0.15) is 5.26 Å². The molecule has 86 valence electrons. The van der Waals surface area contributed by atoms with Crippen molar-refractivity contribution in [3.63, 3.8) is 0 Å². The van der Waals surface area contributed by atoms with Crippen LogP contribution >= 0.6 is 11.3 Å². The first-order valence-corrected chi connectivity index (χ1v) is 7.09. The van der Waals surface area contributed by atoms with E-state index in [1.54, 1.807) is 6.92 Å². The highest BCUT2D eigenvalue weighted by Gasteiger charge is 2.20. The maximum Gasteiger partial charge on any atom is 0.170 e. The summed E-state index contributed by atoms with van der Waals surface area (Å²) in [5.74, 6) is 0.463. The second kappa shape index (κ2) is 5.37. The standard InChI is InChI=1S/C11H13NO2S2/c1-4-5-16(14)11-9(6-12)7(2)10(15-11)8(3)13/h4-5H2,1-3H3. The van der Waals surface area contributed by atoms with Crippen LogP contribution in [0.4, 0.5) is 0 Å². The molecule has 1 aromatic rings. The molecule has 0 saturated carbocycles. The molecule has 1 aromatic heterocycles. The van der Waals surface area contributed by atoms with Gasteiger partial charge in [-0.3, -0.25) is 9.00 Å². The Labute approximate surface area is 102 Å². The van der Waals surface area contributed by atoms with Crippen LogP contribution in [-0.4, -0.2) is 15.7 Å². The third kappa shape index (κ3) is 2.39. The van der Waals surface area contributed by atoms with Crippen molar-refractivity contribution in [1.29, 1.82) is 5.26 Å².